The molecule has 2 aromatic rings. The van der Waals surface area contributed by atoms with Crippen LogP contribution in [-0.2, 0) is 0 Å². The van der Waals surface area contributed by atoms with Crippen LogP contribution in [0.3, 0.4) is 0 Å². The topological polar surface area (TPSA) is 39.2 Å². The molecule has 0 saturated carbocycles. The fourth-order valence-corrected chi connectivity index (χ4v) is 1.74. The number of para-hydroxylation sites is 1. The molecule has 0 N–H and O–H groups in total. The van der Waals surface area contributed by atoms with E-state index in [4.69, 9.17) is 4.74 Å². The Bertz CT molecular complexity index is 537. The van der Waals surface area contributed by atoms with E-state index in [1.54, 1.807) is 18.5 Å². The standard InChI is InChI=1S/C15H15NO2/c1-11(17)14-7-3-4-8-15(14)18-12(2)13-6-5-9-16-10-13/h3-10,12H,1-2H3. The molecule has 1 aromatic heterocycles. The molecule has 0 aliphatic rings. The molecule has 1 aromatic carbocycles. The molecule has 0 fully saturated rings. The number of ether oxygens (including phenoxy) is 1. The molecule has 1 heterocycles. The predicted molar refractivity (Wildman–Crippen MR) is 69.7 cm³/mol. The van der Waals surface area contributed by atoms with Gasteiger partial charge in [-0.05, 0) is 32.0 Å². The third-order valence-corrected chi connectivity index (χ3v) is 2.72. The maximum absolute atomic E-state index is 11.5. The summed E-state index contributed by atoms with van der Waals surface area (Å²) in [5.41, 5.74) is 1.59. The molecule has 1 atom stereocenters. The molecule has 3 heteroatoms. The number of aromatic nitrogens is 1. The zero-order chi connectivity index (χ0) is 13.0. The third-order valence-electron chi connectivity index (χ3n) is 2.72. The molecule has 0 radical (unpaired) electrons. The van der Waals surface area contributed by atoms with Gasteiger partial charge in [0.2, 0.25) is 0 Å². The Labute approximate surface area is 106 Å². The molecular weight excluding hydrogens is 226 g/mol. The molecule has 0 spiro atoms. The molecule has 0 aliphatic carbocycles. The van der Waals surface area contributed by atoms with E-state index in [9.17, 15) is 4.79 Å². The van der Waals surface area contributed by atoms with E-state index >= 15 is 0 Å². The van der Waals surface area contributed by atoms with Gasteiger partial charge in [-0.1, -0.05) is 18.2 Å². The van der Waals surface area contributed by atoms with Gasteiger partial charge in [0.15, 0.2) is 5.78 Å². The Balaban J connectivity index is 2.22. The quantitative estimate of drug-likeness (QED) is 0.770. The molecule has 2 rings (SSSR count). The second-order valence-electron chi connectivity index (χ2n) is 4.10. The van der Waals surface area contributed by atoms with Gasteiger partial charge in [-0.25, -0.2) is 0 Å². The smallest absolute Gasteiger partial charge is 0.163 e. The van der Waals surface area contributed by atoms with Gasteiger partial charge in [-0.3, -0.25) is 9.78 Å². The summed E-state index contributed by atoms with van der Waals surface area (Å²) in [5.74, 6) is 0.616. The second-order valence-corrected chi connectivity index (χ2v) is 4.10. The van der Waals surface area contributed by atoms with Crippen LogP contribution in [0, 0.1) is 0 Å². The number of rotatable bonds is 4. The lowest BCUT2D eigenvalue weighted by atomic mass is 10.1. The number of benzene rings is 1. The molecule has 0 bridgehead atoms. The fraction of sp³-hybridized carbons (Fsp3) is 0.200. The Hall–Kier alpha value is -2.16. The number of pyridine rings is 1. The minimum absolute atomic E-state index is 0.00369. The van der Waals surface area contributed by atoms with Gasteiger partial charge >= 0.3 is 0 Å². The highest BCUT2D eigenvalue weighted by Gasteiger charge is 2.12. The Morgan fingerprint density at radius 3 is 2.67 bits per heavy atom. The zero-order valence-electron chi connectivity index (χ0n) is 10.5. The molecule has 0 aliphatic heterocycles. The van der Waals surface area contributed by atoms with Crippen LogP contribution in [0.2, 0.25) is 0 Å². The van der Waals surface area contributed by atoms with Crippen molar-refractivity contribution in [2.24, 2.45) is 0 Å². The summed E-state index contributed by atoms with van der Waals surface area (Å²) in [6.45, 7) is 3.48. The van der Waals surface area contributed by atoms with Gasteiger partial charge in [-0.2, -0.15) is 0 Å². The van der Waals surface area contributed by atoms with Crippen LogP contribution < -0.4 is 4.74 Å². The third kappa shape index (κ3) is 2.74. The van der Waals surface area contributed by atoms with Crippen molar-refractivity contribution in [2.75, 3.05) is 0 Å². The number of carbonyl (C=O) groups excluding carboxylic acids is 1. The van der Waals surface area contributed by atoms with Crippen molar-refractivity contribution in [3.8, 4) is 5.75 Å². The maximum atomic E-state index is 11.5. The minimum atomic E-state index is -0.140. The first-order valence-corrected chi connectivity index (χ1v) is 5.85. The van der Waals surface area contributed by atoms with E-state index in [1.807, 2.05) is 37.3 Å². The van der Waals surface area contributed by atoms with Crippen LogP contribution in [-0.4, -0.2) is 10.8 Å². The van der Waals surface area contributed by atoms with Crippen LogP contribution in [0.5, 0.6) is 5.75 Å². The van der Waals surface area contributed by atoms with Crippen LogP contribution >= 0.6 is 0 Å². The highest BCUT2D eigenvalue weighted by Crippen LogP contribution is 2.25. The summed E-state index contributed by atoms with van der Waals surface area (Å²) < 4.78 is 5.83. The first kappa shape index (κ1) is 12.3. The van der Waals surface area contributed by atoms with E-state index in [0.717, 1.165) is 5.56 Å². The first-order chi connectivity index (χ1) is 8.68. The maximum Gasteiger partial charge on any atom is 0.163 e. The van der Waals surface area contributed by atoms with Gasteiger partial charge in [0.05, 0.1) is 5.56 Å². The normalized spacial score (nSPS) is 11.9. The van der Waals surface area contributed by atoms with E-state index in [2.05, 4.69) is 4.98 Å². The van der Waals surface area contributed by atoms with E-state index in [1.165, 1.54) is 6.92 Å². The minimum Gasteiger partial charge on any atom is -0.485 e. The second kappa shape index (κ2) is 5.45. The number of carbonyl (C=O) groups is 1. The summed E-state index contributed by atoms with van der Waals surface area (Å²) in [4.78, 5) is 15.5. The summed E-state index contributed by atoms with van der Waals surface area (Å²) >= 11 is 0. The molecule has 0 amide bonds. The van der Waals surface area contributed by atoms with Crippen LogP contribution in [0.1, 0.15) is 35.9 Å². The number of hydrogen-bond donors (Lipinski definition) is 0. The van der Waals surface area contributed by atoms with Crippen molar-refractivity contribution in [3.63, 3.8) is 0 Å². The molecule has 0 saturated heterocycles. The van der Waals surface area contributed by atoms with Crippen LogP contribution in [0.15, 0.2) is 48.8 Å². The van der Waals surface area contributed by atoms with Crippen molar-refractivity contribution >= 4 is 5.78 Å². The zero-order valence-corrected chi connectivity index (χ0v) is 10.5. The van der Waals surface area contributed by atoms with Gasteiger partial charge in [-0.15, -0.1) is 0 Å². The average Bonchev–Trinajstić information content (AvgIpc) is 2.40. The summed E-state index contributed by atoms with van der Waals surface area (Å²) in [7, 11) is 0. The fourth-order valence-electron chi connectivity index (χ4n) is 1.74. The lowest BCUT2D eigenvalue weighted by Crippen LogP contribution is -2.06. The number of Topliss-reactive ketones (excluding diaryl/α,β-unsaturated/α-hetero) is 1. The van der Waals surface area contributed by atoms with Crippen molar-refractivity contribution in [1.82, 2.24) is 4.98 Å². The molecule has 3 nitrogen and oxygen atoms in total. The lowest BCUT2D eigenvalue weighted by Gasteiger charge is -2.16. The largest absolute Gasteiger partial charge is 0.485 e. The molecule has 18 heavy (non-hydrogen) atoms. The van der Waals surface area contributed by atoms with Gasteiger partial charge < -0.3 is 4.74 Å². The average molecular weight is 241 g/mol. The SMILES string of the molecule is CC(=O)c1ccccc1OC(C)c1cccnc1. The van der Waals surface area contributed by atoms with Crippen LogP contribution in [0.4, 0.5) is 0 Å². The Kier molecular flexibility index (Phi) is 3.72. The number of hydrogen-bond acceptors (Lipinski definition) is 3. The predicted octanol–water partition coefficient (Wildman–Crippen LogP) is 3.42. The summed E-state index contributed by atoms with van der Waals surface area (Å²) in [6.07, 6.45) is 3.35. The molecule has 92 valence electrons. The molecule has 1 unspecified atom stereocenters. The summed E-state index contributed by atoms with van der Waals surface area (Å²) in [6, 6.07) is 11.1. The van der Waals surface area contributed by atoms with E-state index < -0.39 is 0 Å². The number of nitrogens with zero attached hydrogens (tertiary/aromatic N) is 1. The number of ketones is 1. The first-order valence-electron chi connectivity index (χ1n) is 5.85. The van der Waals surface area contributed by atoms with Crippen molar-refractivity contribution in [1.29, 1.82) is 0 Å². The van der Waals surface area contributed by atoms with Crippen LogP contribution in [0.25, 0.3) is 0 Å². The monoisotopic (exact) mass is 241 g/mol. The lowest BCUT2D eigenvalue weighted by molar-refractivity contribution is 0.101. The van der Waals surface area contributed by atoms with E-state index in [0.29, 0.717) is 11.3 Å². The van der Waals surface area contributed by atoms with Crippen molar-refractivity contribution in [2.45, 2.75) is 20.0 Å². The summed E-state index contributed by atoms with van der Waals surface area (Å²) in [5, 5.41) is 0. The van der Waals surface area contributed by atoms with Crippen molar-refractivity contribution < 1.29 is 9.53 Å². The van der Waals surface area contributed by atoms with E-state index in [-0.39, 0.29) is 11.9 Å². The Morgan fingerprint density at radius 2 is 2.00 bits per heavy atom. The van der Waals surface area contributed by atoms with Gasteiger partial charge in [0.25, 0.3) is 0 Å². The highest BCUT2D eigenvalue weighted by atomic mass is 16.5. The van der Waals surface area contributed by atoms with Gasteiger partial charge in [0, 0.05) is 18.0 Å². The Morgan fingerprint density at radius 1 is 1.22 bits per heavy atom. The molecular formula is C15H15NO2. The van der Waals surface area contributed by atoms with Crippen molar-refractivity contribution in [3.05, 3.63) is 59.9 Å². The van der Waals surface area contributed by atoms with Gasteiger partial charge in [0.1, 0.15) is 11.9 Å². The highest BCUT2D eigenvalue weighted by molar-refractivity contribution is 5.96.